The van der Waals surface area contributed by atoms with Gasteiger partial charge in [-0.3, -0.25) is 4.99 Å². The molecule has 0 aliphatic carbocycles. The molecule has 0 bridgehead atoms. The van der Waals surface area contributed by atoms with E-state index in [4.69, 9.17) is 4.99 Å². The molecule has 5 rings (SSSR count). The standard InChI is InChI=1S/C20H17N5/c1-3-7-15(8-4-1)11-16-13-24-14-21-19-18(20(24)23-16)12-22-25(19)17-9-5-2-6-10-17/h1-10,12,14,16H,11,13H2/t16-/m0/s1. The fourth-order valence-corrected chi connectivity index (χ4v) is 3.43. The molecule has 0 fully saturated rings. The van der Waals surface area contributed by atoms with Crippen molar-refractivity contribution in [2.45, 2.75) is 12.5 Å². The number of amidine groups is 1. The van der Waals surface area contributed by atoms with Gasteiger partial charge in [0.05, 0.1) is 29.8 Å². The first-order chi connectivity index (χ1) is 12.4. The lowest BCUT2D eigenvalue weighted by atomic mass is 10.1. The lowest BCUT2D eigenvalue weighted by Crippen LogP contribution is -2.30. The van der Waals surface area contributed by atoms with Crippen LogP contribution in [0.3, 0.4) is 0 Å². The fourth-order valence-electron chi connectivity index (χ4n) is 3.43. The predicted molar refractivity (Wildman–Crippen MR) is 98.9 cm³/mol. The van der Waals surface area contributed by atoms with E-state index >= 15 is 0 Å². The zero-order valence-electron chi connectivity index (χ0n) is 13.7. The van der Waals surface area contributed by atoms with Crippen LogP contribution in [0, 0.1) is 0 Å². The van der Waals surface area contributed by atoms with Gasteiger partial charge in [-0.15, -0.1) is 0 Å². The maximum Gasteiger partial charge on any atom is 0.168 e. The number of hydrogen-bond acceptors (Lipinski definition) is 4. The molecule has 25 heavy (non-hydrogen) atoms. The van der Waals surface area contributed by atoms with Crippen molar-refractivity contribution in [1.82, 2.24) is 14.7 Å². The van der Waals surface area contributed by atoms with Crippen molar-refractivity contribution < 1.29 is 0 Å². The average Bonchev–Trinajstić information content (AvgIpc) is 3.26. The Hall–Kier alpha value is -3.21. The van der Waals surface area contributed by atoms with E-state index in [2.05, 4.69) is 39.3 Å². The van der Waals surface area contributed by atoms with Crippen LogP contribution >= 0.6 is 0 Å². The maximum absolute atomic E-state index is 4.95. The van der Waals surface area contributed by atoms with E-state index in [1.165, 1.54) is 5.56 Å². The van der Waals surface area contributed by atoms with Gasteiger partial charge in [0.25, 0.3) is 0 Å². The molecule has 0 amide bonds. The zero-order chi connectivity index (χ0) is 16.6. The second-order valence-electron chi connectivity index (χ2n) is 6.32. The highest BCUT2D eigenvalue weighted by Crippen LogP contribution is 2.30. The first-order valence-electron chi connectivity index (χ1n) is 8.45. The summed E-state index contributed by atoms with van der Waals surface area (Å²) in [5.41, 5.74) is 3.32. The van der Waals surface area contributed by atoms with Crippen LogP contribution in [0.1, 0.15) is 11.1 Å². The van der Waals surface area contributed by atoms with Crippen LogP contribution in [0.4, 0.5) is 5.82 Å². The van der Waals surface area contributed by atoms with Gasteiger partial charge in [-0.25, -0.2) is 9.67 Å². The second kappa shape index (κ2) is 5.70. The van der Waals surface area contributed by atoms with Crippen LogP contribution in [0.5, 0.6) is 0 Å². The van der Waals surface area contributed by atoms with E-state index in [0.717, 1.165) is 35.9 Å². The Bertz CT molecular complexity index is 956. The third kappa shape index (κ3) is 2.45. The number of hydrogen-bond donors (Lipinski definition) is 0. The molecule has 3 aromatic rings. The zero-order valence-corrected chi connectivity index (χ0v) is 13.7. The summed E-state index contributed by atoms with van der Waals surface area (Å²) in [5.74, 6) is 1.83. The number of aromatic nitrogens is 2. The minimum Gasteiger partial charge on any atom is -0.315 e. The average molecular weight is 327 g/mol. The smallest absolute Gasteiger partial charge is 0.168 e. The topological polar surface area (TPSA) is 45.8 Å². The molecule has 0 radical (unpaired) electrons. The summed E-state index contributed by atoms with van der Waals surface area (Å²) in [6, 6.07) is 20.8. The Morgan fingerprint density at radius 1 is 0.960 bits per heavy atom. The summed E-state index contributed by atoms with van der Waals surface area (Å²) in [5, 5.41) is 4.53. The van der Waals surface area contributed by atoms with E-state index in [0.29, 0.717) is 0 Å². The van der Waals surface area contributed by atoms with E-state index in [1.54, 1.807) is 0 Å². The van der Waals surface area contributed by atoms with E-state index in [-0.39, 0.29) is 6.04 Å². The van der Waals surface area contributed by atoms with Crippen molar-refractivity contribution in [3.8, 4) is 5.69 Å². The number of aliphatic imine (C=N–C) groups is 2. The first-order valence-corrected chi connectivity index (χ1v) is 8.45. The summed E-state index contributed by atoms with van der Waals surface area (Å²) >= 11 is 0. The van der Waals surface area contributed by atoms with Gasteiger partial charge < -0.3 is 4.90 Å². The Balaban J connectivity index is 1.48. The summed E-state index contributed by atoms with van der Waals surface area (Å²) in [6.45, 7) is 0.865. The molecule has 1 aromatic heterocycles. The number of para-hydroxylation sites is 1. The minimum absolute atomic E-state index is 0.245. The molecule has 2 aromatic carbocycles. The van der Waals surface area contributed by atoms with Crippen LogP contribution in [-0.4, -0.2) is 39.4 Å². The third-order valence-electron chi connectivity index (χ3n) is 4.60. The molecule has 2 aliphatic rings. The van der Waals surface area contributed by atoms with Crippen molar-refractivity contribution in [2.75, 3.05) is 6.54 Å². The molecule has 0 spiro atoms. The predicted octanol–water partition coefficient (Wildman–Crippen LogP) is 3.22. The monoisotopic (exact) mass is 327 g/mol. The highest BCUT2D eigenvalue weighted by molar-refractivity contribution is 6.11. The summed E-state index contributed by atoms with van der Waals surface area (Å²) in [6.07, 6.45) is 4.69. The van der Waals surface area contributed by atoms with E-state index < -0.39 is 0 Å². The molecular formula is C20H17N5. The van der Waals surface area contributed by atoms with Gasteiger partial charge in [0.2, 0.25) is 0 Å². The molecule has 0 N–H and O–H groups in total. The molecule has 0 saturated carbocycles. The van der Waals surface area contributed by atoms with Gasteiger partial charge in [-0.2, -0.15) is 5.10 Å². The molecule has 2 aliphatic heterocycles. The third-order valence-corrected chi connectivity index (χ3v) is 4.60. The highest BCUT2D eigenvalue weighted by atomic mass is 15.4. The second-order valence-corrected chi connectivity index (χ2v) is 6.32. The van der Waals surface area contributed by atoms with Crippen molar-refractivity contribution >= 4 is 18.0 Å². The van der Waals surface area contributed by atoms with Gasteiger partial charge in [-0.05, 0) is 24.1 Å². The van der Waals surface area contributed by atoms with Gasteiger partial charge in [0.15, 0.2) is 5.82 Å². The Kier molecular flexibility index (Phi) is 3.23. The Labute approximate surface area is 146 Å². The number of fused-ring (bicyclic) bond motifs is 3. The van der Waals surface area contributed by atoms with Gasteiger partial charge >= 0.3 is 0 Å². The lowest BCUT2D eigenvalue weighted by molar-refractivity contribution is 0.578. The number of nitrogens with zero attached hydrogens (tertiary/aromatic N) is 5. The van der Waals surface area contributed by atoms with Crippen LogP contribution in [0.15, 0.2) is 76.8 Å². The molecule has 0 unspecified atom stereocenters. The first kappa shape index (κ1) is 14.2. The summed E-state index contributed by atoms with van der Waals surface area (Å²) in [7, 11) is 0. The highest BCUT2D eigenvalue weighted by Gasteiger charge is 2.31. The summed E-state index contributed by atoms with van der Waals surface area (Å²) < 4.78 is 1.87. The maximum atomic E-state index is 4.95. The SMILES string of the molecule is C1=Nc2c(cnn2-c2ccccc2)C2=N[C@@H](Cc3ccccc3)CN12. The molecule has 5 nitrogen and oxygen atoms in total. The normalized spacial score (nSPS) is 18.0. The Morgan fingerprint density at radius 2 is 1.72 bits per heavy atom. The van der Waals surface area contributed by atoms with Gasteiger partial charge in [0.1, 0.15) is 5.84 Å². The van der Waals surface area contributed by atoms with Crippen LogP contribution in [0.25, 0.3) is 5.69 Å². The van der Waals surface area contributed by atoms with Crippen LogP contribution in [0.2, 0.25) is 0 Å². The molecular weight excluding hydrogens is 310 g/mol. The van der Waals surface area contributed by atoms with Crippen molar-refractivity contribution in [1.29, 1.82) is 0 Å². The largest absolute Gasteiger partial charge is 0.315 e. The van der Waals surface area contributed by atoms with E-state index in [9.17, 15) is 0 Å². The molecule has 3 heterocycles. The minimum atomic E-state index is 0.245. The van der Waals surface area contributed by atoms with Crippen molar-refractivity contribution in [3.05, 3.63) is 78.0 Å². The molecule has 0 saturated heterocycles. The van der Waals surface area contributed by atoms with E-state index in [1.807, 2.05) is 53.6 Å². The lowest BCUT2D eigenvalue weighted by Gasteiger charge is -2.19. The van der Waals surface area contributed by atoms with Crippen LogP contribution in [-0.2, 0) is 6.42 Å². The molecule has 1 atom stereocenters. The molecule has 122 valence electrons. The van der Waals surface area contributed by atoms with Crippen molar-refractivity contribution in [2.24, 2.45) is 9.98 Å². The quantitative estimate of drug-likeness (QED) is 0.741. The van der Waals surface area contributed by atoms with Crippen LogP contribution < -0.4 is 0 Å². The van der Waals surface area contributed by atoms with Gasteiger partial charge in [-0.1, -0.05) is 48.5 Å². The number of benzene rings is 2. The molecule has 5 heteroatoms. The Morgan fingerprint density at radius 3 is 2.52 bits per heavy atom. The summed E-state index contributed by atoms with van der Waals surface area (Å²) in [4.78, 5) is 11.7. The van der Waals surface area contributed by atoms with Gasteiger partial charge in [0, 0.05) is 6.54 Å². The fraction of sp³-hybridized carbons (Fsp3) is 0.150. The number of rotatable bonds is 3. The van der Waals surface area contributed by atoms with Crippen molar-refractivity contribution in [3.63, 3.8) is 0 Å².